The Balaban J connectivity index is 1.47. The minimum atomic E-state index is -0.256. The summed E-state index contributed by atoms with van der Waals surface area (Å²) in [4.78, 5) is 24.3. The van der Waals surface area contributed by atoms with E-state index in [2.05, 4.69) is 17.6 Å². The quantitative estimate of drug-likeness (QED) is 0.608. The van der Waals surface area contributed by atoms with Crippen molar-refractivity contribution in [1.82, 2.24) is 5.32 Å². The van der Waals surface area contributed by atoms with Crippen molar-refractivity contribution in [2.75, 3.05) is 11.9 Å². The number of carbonyl (C=O) groups is 2. The maximum absolute atomic E-state index is 12.2. The molecule has 0 atom stereocenters. The molecule has 0 bridgehead atoms. The second-order valence-electron chi connectivity index (χ2n) is 6.58. The molecule has 3 aromatic rings. The fourth-order valence-electron chi connectivity index (χ4n) is 2.79. The summed E-state index contributed by atoms with van der Waals surface area (Å²) in [5.41, 5.74) is 3.34. The van der Waals surface area contributed by atoms with Gasteiger partial charge in [0.2, 0.25) is 0 Å². The topological polar surface area (TPSA) is 67.4 Å². The van der Waals surface area contributed by atoms with Crippen LogP contribution in [0.1, 0.15) is 28.4 Å². The van der Waals surface area contributed by atoms with Gasteiger partial charge in [0.15, 0.2) is 6.61 Å². The number of aryl methyl sites for hydroxylation is 1. The van der Waals surface area contributed by atoms with Crippen molar-refractivity contribution in [1.29, 1.82) is 0 Å². The molecular weight excluding hydrogens is 364 g/mol. The molecule has 5 nitrogen and oxygen atoms in total. The molecule has 0 aliphatic heterocycles. The van der Waals surface area contributed by atoms with Crippen LogP contribution in [0.3, 0.4) is 0 Å². The number of benzene rings is 3. The Kier molecular flexibility index (Phi) is 7.00. The zero-order valence-electron chi connectivity index (χ0n) is 16.4. The number of hydrogen-bond acceptors (Lipinski definition) is 3. The zero-order chi connectivity index (χ0) is 20.5. The van der Waals surface area contributed by atoms with E-state index in [4.69, 9.17) is 4.74 Å². The number of amides is 2. The van der Waals surface area contributed by atoms with Crippen LogP contribution in [-0.4, -0.2) is 18.4 Å². The van der Waals surface area contributed by atoms with Crippen molar-refractivity contribution in [3.05, 3.63) is 95.6 Å². The minimum Gasteiger partial charge on any atom is -0.484 e. The normalized spacial score (nSPS) is 10.2. The second kappa shape index (κ2) is 10.1. The van der Waals surface area contributed by atoms with Gasteiger partial charge in [0.25, 0.3) is 11.8 Å². The van der Waals surface area contributed by atoms with Crippen LogP contribution in [0.2, 0.25) is 0 Å². The first-order chi connectivity index (χ1) is 14.1. The van der Waals surface area contributed by atoms with Crippen LogP contribution < -0.4 is 15.4 Å². The number of carbonyl (C=O) groups excluding carboxylic acids is 2. The summed E-state index contributed by atoms with van der Waals surface area (Å²) >= 11 is 0. The van der Waals surface area contributed by atoms with E-state index in [1.165, 1.54) is 0 Å². The van der Waals surface area contributed by atoms with Gasteiger partial charge in [-0.25, -0.2) is 0 Å². The average Bonchev–Trinajstić information content (AvgIpc) is 2.77. The third-order valence-corrected chi connectivity index (χ3v) is 4.40. The highest BCUT2D eigenvalue weighted by Gasteiger charge is 2.07. The van der Waals surface area contributed by atoms with E-state index in [1.807, 2.05) is 54.6 Å². The summed E-state index contributed by atoms with van der Waals surface area (Å²) in [5.74, 6) is 0.254. The summed E-state index contributed by atoms with van der Waals surface area (Å²) in [6.07, 6.45) is 0.911. The standard InChI is InChI=1S/C24H24N2O3/c1-2-18-9-6-10-22(15-18)29-17-23(27)26-21-13-11-20(12-14-21)24(28)25-16-19-7-4-3-5-8-19/h3-15H,2,16-17H2,1H3,(H,25,28)(H,26,27). The molecule has 3 aromatic carbocycles. The minimum absolute atomic E-state index is 0.0769. The Morgan fingerprint density at radius 2 is 1.59 bits per heavy atom. The van der Waals surface area contributed by atoms with E-state index in [9.17, 15) is 9.59 Å². The van der Waals surface area contributed by atoms with E-state index >= 15 is 0 Å². The van der Waals surface area contributed by atoms with Crippen LogP contribution in [0.4, 0.5) is 5.69 Å². The highest BCUT2D eigenvalue weighted by molar-refractivity contribution is 5.96. The highest BCUT2D eigenvalue weighted by Crippen LogP contribution is 2.14. The van der Waals surface area contributed by atoms with Crippen molar-refractivity contribution in [2.24, 2.45) is 0 Å². The molecule has 5 heteroatoms. The molecule has 2 N–H and O–H groups in total. The summed E-state index contributed by atoms with van der Waals surface area (Å²) in [7, 11) is 0. The molecule has 0 aromatic heterocycles. The molecule has 3 rings (SSSR count). The Hall–Kier alpha value is -3.60. The summed E-state index contributed by atoms with van der Waals surface area (Å²) in [6.45, 7) is 2.46. The largest absolute Gasteiger partial charge is 0.484 e. The third kappa shape index (κ3) is 6.21. The summed E-state index contributed by atoms with van der Waals surface area (Å²) in [6, 6.07) is 24.2. The van der Waals surface area contributed by atoms with Crippen molar-refractivity contribution < 1.29 is 14.3 Å². The maximum Gasteiger partial charge on any atom is 0.262 e. The Morgan fingerprint density at radius 3 is 2.31 bits per heavy atom. The van der Waals surface area contributed by atoms with Gasteiger partial charge >= 0.3 is 0 Å². The number of rotatable bonds is 8. The van der Waals surface area contributed by atoms with Crippen molar-refractivity contribution in [2.45, 2.75) is 19.9 Å². The van der Waals surface area contributed by atoms with Crippen molar-refractivity contribution in [3.8, 4) is 5.75 Å². The molecule has 0 saturated heterocycles. The van der Waals surface area contributed by atoms with Gasteiger partial charge in [-0.2, -0.15) is 0 Å². The molecule has 0 unspecified atom stereocenters. The van der Waals surface area contributed by atoms with Gasteiger partial charge in [0.1, 0.15) is 5.75 Å². The van der Waals surface area contributed by atoms with Crippen LogP contribution in [0.15, 0.2) is 78.9 Å². The Labute approximate surface area is 170 Å². The first-order valence-electron chi connectivity index (χ1n) is 9.58. The fourth-order valence-corrected chi connectivity index (χ4v) is 2.79. The van der Waals surface area contributed by atoms with Gasteiger partial charge < -0.3 is 15.4 Å². The monoisotopic (exact) mass is 388 g/mol. The van der Waals surface area contributed by atoms with Crippen molar-refractivity contribution in [3.63, 3.8) is 0 Å². The number of anilines is 1. The van der Waals surface area contributed by atoms with Gasteiger partial charge in [-0.15, -0.1) is 0 Å². The number of hydrogen-bond donors (Lipinski definition) is 2. The zero-order valence-corrected chi connectivity index (χ0v) is 16.4. The Bertz CT molecular complexity index is 953. The van der Waals surface area contributed by atoms with E-state index in [1.54, 1.807) is 24.3 Å². The maximum atomic E-state index is 12.2. The number of nitrogens with one attached hydrogen (secondary N) is 2. The molecular formula is C24H24N2O3. The predicted molar refractivity (Wildman–Crippen MR) is 114 cm³/mol. The molecule has 29 heavy (non-hydrogen) atoms. The average molecular weight is 388 g/mol. The van der Waals surface area contributed by atoms with E-state index in [0.717, 1.165) is 17.5 Å². The fraction of sp³-hybridized carbons (Fsp3) is 0.167. The van der Waals surface area contributed by atoms with Gasteiger partial charge in [0, 0.05) is 17.8 Å². The molecule has 0 spiro atoms. The highest BCUT2D eigenvalue weighted by atomic mass is 16.5. The Morgan fingerprint density at radius 1 is 0.862 bits per heavy atom. The predicted octanol–water partition coefficient (Wildman–Crippen LogP) is 4.20. The molecule has 0 saturated carbocycles. The lowest BCUT2D eigenvalue weighted by Crippen LogP contribution is -2.23. The van der Waals surface area contributed by atoms with Gasteiger partial charge in [-0.3, -0.25) is 9.59 Å². The molecule has 148 valence electrons. The first-order valence-corrected chi connectivity index (χ1v) is 9.58. The third-order valence-electron chi connectivity index (χ3n) is 4.40. The van der Waals surface area contributed by atoms with E-state index < -0.39 is 0 Å². The molecule has 0 heterocycles. The molecule has 0 fully saturated rings. The van der Waals surface area contributed by atoms with Crippen LogP contribution >= 0.6 is 0 Å². The van der Waals surface area contributed by atoms with Crippen molar-refractivity contribution >= 4 is 17.5 Å². The summed E-state index contributed by atoms with van der Waals surface area (Å²) < 4.78 is 5.54. The smallest absolute Gasteiger partial charge is 0.262 e. The lowest BCUT2D eigenvalue weighted by atomic mass is 10.1. The second-order valence-corrected chi connectivity index (χ2v) is 6.58. The first kappa shape index (κ1) is 20.1. The van der Waals surface area contributed by atoms with Gasteiger partial charge in [-0.05, 0) is 53.9 Å². The summed E-state index contributed by atoms with van der Waals surface area (Å²) in [5, 5.41) is 5.65. The lowest BCUT2D eigenvalue weighted by Gasteiger charge is -2.09. The molecule has 2 amide bonds. The van der Waals surface area contributed by atoms with Gasteiger partial charge in [-0.1, -0.05) is 49.4 Å². The molecule has 0 aliphatic carbocycles. The lowest BCUT2D eigenvalue weighted by molar-refractivity contribution is -0.118. The van der Waals surface area contributed by atoms with E-state index in [0.29, 0.717) is 23.5 Å². The van der Waals surface area contributed by atoms with Gasteiger partial charge in [0.05, 0.1) is 0 Å². The van der Waals surface area contributed by atoms with Crippen LogP contribution in [0.25, 0.3) is 0 Å². The number of ether oxygens (including phenoxy) is 1. The van der Waals surface area contributed by atoms with Crippen LogP contribution in [-0.2, 0) is 17.8 Å². The van der Waals surface area contributed by atoms with Crippen LogP contribution in [0.5, 0.6) is 5.75 Å². The van der Waals surface area contributed by atoms with Crippen LogP contribution in [0, 0.1) is 0 Å². The molecule has 0 aliphatic rings. The van der Waals surface area contributed by atoms with E-state index in [-0.39, 0.29) is 18.4 Å². The molecule has 0 radical (unpaired) electrons. The SMILES string of the molecule is CCc1cccc(OCC(=O)Nc2ccc(C(=O)NCc3ccccc3)cc2)c1.